The molecule has 1 aromatic carbocycles. The summed E-state index contributed by atoms with van der Waals surface area (Å²) < 4.78 is 5.27. The maximum Gasteiger partial charge on any atom is 0.236 e. The van der Waals surface area contributed by atoms with Crippen LogP contribution in [-0.2, 0) is 10.5 Å². The van der Waals surface area contributed by atoms with E-state index in [-0.39, 0.29) is 5.91 Å². The second-order valence-corrected chi connectivity index (χ2v) is 7.15. The lowest BCUT2D eigenvalue weighted by Crippen LogP contribution is -2.39. The van der Waals surface area contributed by atoms with Gasteiger partial charge in [-0.3, -0.25) is 4.79 Å². The molecule has 0 N–H and O–H groups in total. The van der Waals surface area contributed by atoms with Crippen LogP contribution in [0.25, 0.3) is 11.4 Å². The van der Waals surface area contributed by atoms with Crippen molar-refractivity contribution in [2.24, 2.45) is 0 Å². The van der Waals surface area contributed by atoms with E-state index >= 15 is 0 Å². The zero-order chi connectivity index (χ0) is 16.8. The molecular formula is C18H23N3O2S. The van der Waals surface area contributed by atoms with Gasteiger partial charge in [-0.05, 0) is 12.8 Å². The van der Waals surface area contributed by atoms with E-state index in [2.05, 4.69) is 10.1 Å². The molecule has 5 nitrogen and oxygen atoms in total. The zero-order valence-electron chi connectivity index (χ0n) is 14.0. The van der Waals surface area contributed by atoms with E-state index < -0.39 is 0 Å². The summed E-state index contributed by atoms with van der Waals surface area (Å²) in [5, 5.41) is 4.00. The van der Waals surface area contributed by atoms with Crippen LogP contribution in [0.4, 0.5) is 0 Å². The topological polar surface area (TPSA) is 59.2 Å². The second-order valence-electron chi connectivity index (χ2n) is 6.17. The molecular weight excluding hydrogens is 322 g/mol. The Morgan fingerprint density at radius 2 is 2.00 bits per heavy atom. The van der Waals surface area contributed by atoms with E-state index in [9.17, 15) is 4.79 Å². The van der Waals surface area contributed by atoms with Crippen LogP contribution in [0.15, 0.2) is 34.9 Å². The normalized spacial score (nSPS) is 15.4. The Bertz CT molecular complexity index is 653. The first kappa shape index (κ1) is 17.0. The third-order valence-electron chi connectivity index (χ3n) is 4.47. The van der Waals surface area contributed by atoms with Crippen molar-refractivity contribution in [3.05, 3.63) is 36.2 Å². The molecule has 24 heavy (non-hydrogen) atoms. The SMILES string of the molecule is CN(C(=O)CSCc1nc(-c2ccccc2)no1)C1CCCCC1. The second kappa shape index (κ2) is 8.33. The Balaban J connectivity index is 1.46. The summed E-state index contributed by atoms with van der Waals surface area (Å²) in [6.45, 7) is 0. The van der Waals surface area contributed by atoms with Gasteiger partial charge in [0.15, 0.2) is 0 Å². The van der Waals surface area contributed by atoms with Gasteiger partial charge in [0.25, 0.3) is 0 Å². The van der Waals surface area contributed by atoms with Crippen molar-refractivity contribution in [2.75, 3.05) is 12.8 Å². The lowest BCUT2D eigenvalue weighted by Gasteiger charge is -2.31. The fraction of sp³-hybridized carbons (Fsp3) is 0.500. The molecule has 1 heterocycles. The molecule has 1 aliphatic carbocycles. The summed E-state index contributed by atoms with van der Waals surface area (Å²) in [7, 11) is 1.93. The predicted molar refractivity (Wildman–Crippen MR) is 95.5 cm³/mol. The summed E-state index contributed by atoms with van der Waals surface area (Å²) in [4.78, 5) is 18.6. The molecule has 0 atom stereocenters. The van der Waals surface area contributed by atoms with Crippen molar-refractivity contribution in [2.45, 2.75) is 43.9 Å². The van der Waals surface area contributed by atoms with Gasteiger partial charge in [0.05, 0.1) is 11.5 Å². The number of nitrogens with zero attached hydrogens (tertiary/aromatic N) is 3. The van der Waals surface area contributed by atoms with E-state index in [1.807, 2.05) is 42.3 Å². The molecule has 0 aliphatic heterocycles. The predicted octanol–water partition coefficient (Wildman–Crippen LogP) is 3.76. The van der Waals surface area contributed by atoms with Crippen molar-refractivity contribution in [3.8, 4) is 11.4 Å². The van der Waals surface area contributed by atoms with Gasteiger partial charge >= 0.3 is 0 Å². The van der Waals surface area contributed by atoms with Crippen LogP contribution in [0, 0.1) is 0 Å². The van der Waals surface area contributed by atoms with Crippen LogP contribution in [0.5, 0.6) is 0 Å². The lowest BCUT2D eigenvalue weighted by atomic mass is 9.94. The van der Waals surface area contributed by atoms with Gasteiger partial charge in [-0.1, -0.05) is 54.8 Å². The molecule has 2 aromatic rings. The van der Waals surface area contributed by atoms with E-state index in [1.54, 1.807) is 0 Å². The number of carbonyl (C=O) groups excluding carboxylic acids is 1. The molecule has 1 aliphatic rings. The summed E-state index contributed by atoms with van der Waals surface area (Å²) in [5.41, 5.74) is 0.936. The van der Waals surface area contributed by atoms with Crippen LogP contribution in [0.1, 0.15) is 38.0 Å². The van der Waals surface area contributed by atoms with Gasteiger partial charge in [0.2, 0.25) is 17.6 Å². The molecule has 1 saturated carbocycles. The summed E-state index contributed by atoms with van der Waals surface area (Å²) >= 11 is 1.53. The first-order chi connectivity index (χ1) is 11.7. The molecule has 1 fully saturated rings. The van der Waals surface area contributed by atoms with Gasteiger partial charge in [-0.25, -0.2) is 0 Å². The van der Waals surface area contributed by atoms with Gasteiger partial charge in [-0.15, -0.1) is 11.8 Å². The number of thioether (sulfide) groups is 1. The van der Waals surface area contributed by atoms with Crippen molar-refractivity contribution >= 4 is 17.7 Å². The Labute approximate surface area is 146 Å². The number of carbonyl (C=O) groups is 1. The number of hydrogen-bond donors (Lipinski definition) is 0. The minimum atomic E-state index is 0.190. The monoisotopic (exact) mass is 345 g/mol. The zero-order valence-corrected chi connectivity index (χ0v) is 14.8. The third kappa shape index (κ3) is 4.38. The third-order valence-corrected chi connectivity index (χ3v) is 5.37. The van der Waals surface area contributed by atoms with Gasteiger partial charge in [0.1, 0.15) is 0 Å². The average molecular weight is 345 g/mol. The molecule has 3 rings (SSSR count). The van der Waals surface area contributed by atoms with Crippen molar-refractivity contribution < 1.29 is 9.32 Å². The molecule has 0 bridgehead atoms. The Hall–Kier alpha value is -1.82. The molecule has 0 spiro atoms. The smallest absolute Gasteiger partial charge is 0.236 e. The van der Waals surface area contributed by atoms with Crippen LogP contribution >= 0.6 is 11.8 Å². The number of benzene rings is 1. The van der Waals surface area contributed by atoms with Crippen molar-refractivity contribution in [3.63, 3.8) is 0 Å². The van der Waals surface area contributed by atoms with E-state index in [0.717, 1.165) is 18.4 Å². The maximum absolute atomic E-state index is 12.3. The number of rotatable bonds is 6. The lowest BCUT2D eigenvalue weighted by molar-refractivity contribution is -0.129. The molecule has 0 radical (unpaired) electrons. The first-order valence-electron chi connectivity index (χ1n) is 8.45. The van der Waals surface area contributed by atoms with Gasteiger partial charge in [0, 0.05) is 18.7 Å². The van der Waals surface area contributed by atoms with Gasteiger partial charge in [-0.2, -0.15) is 4.98 Å². The summed E-state index contributed by atoms with van der Waals surface area (Å²) in [6.07, 6.45) is 6.04. The van der Waals surface area contributed by atoms with Crippen LogP contribution in [0.3, 0.4) is 0 Å². The molecule has 0 saturated heterocycles. The van der Waals surface area contributed by atoms with Gasteiger partial charge < -0.3 is 9.42 Å². The molecule has 1 amide bonds. The van der Waals surface area contributed by atoms with Crippen molar-refractivity contribution in [1.82, 2.24) is 15.0 Å². The highest BCUT2D eigenvalue weighted by atomic mass is 32.2. The summed E-state index contributed by atoms with van der Waals surface area (Å²) in [5.74, 6) is 2.36. The number of aromatic nitrogens is 2. The Kier molecular flexibility index (Phi) is 5.91. The van der Waals surface area contributed by atoms with E-state index in [1.165, 1.54) is 31.0 Å². The van der Waals surface area contributed by atoms with Crippen LogP contribution in [0.2, 0.25) is 0 Å². The number of amides is 1. The average Bonchev–Trinajstić information content (AvgIpc) is 3.11. The highest BCUT2D eigenvalue weighted by molar-refractivity contribution is 7.99. The molecule has 1 aromatic heterocycles. The fourth-order valence-electron chi connectivity index (χ4n) is 3.02. The maximum atomic E-state index is 12.3. The Morgan fingerprint density at radius 1 is 1.25 bits per heavy atom. The minimum absolute atomic E-state index is 0.190. The fourth-order valence-corrected chi connectivity index (χ4v) is 3.79. The molecule has 6 heteroatoms. The standard InChI is InChI=1S/C18H23N3O2S/c1-21(15-10-6-3-7-11-15)17(22)13-24-12-16-19-18(20-23-16)14-8-4-2-5-9-14/h2,4-5,8-9,15H,3,6-7,10-13H2,1H3. The highest BCUT2D eigenvalue weighted by Crippen LogP contribution is 2.23. The Morgan fingerprint density at radius 3 is 2.75 bits per heavy atom. The first-order valence-corrected chi connectivity index (χ1v) is 9.61. The van der Waals surface area contributed by atoms with Crippen LogP contribution in [-0.4, -0.2) is 39.8 Å². The largest absolute Gasteiger partial charge is 0.342 e. The number of hydrogen-bond acceptors (Lipinski definition) is 5. The van der Waals surface area contributed by atoms with Crippen molar-refractivity contribution in [1.29, 1.82) is 0 Å². The van der Waals surface area contributed by atoms with E-state index in [4.69, 9.17) is 4.52 Å². The van der Waals surface area contributed by atoms with E-state index in [0.29, 0.717) is 29.3 Å². The van der Waals surface area contributed by atoms with Crippen LogP contribution < -0.4 is 0 Å². The molecule has 128 valence electrons. The highest BCUT2D eigenvalue weighted by Gasteiger charge is 2.22. The molecule has 0 unspecified atom stereocenters. The summed E-state index contributed by atoms with van der Waals surface area (Å²) in [6, 6.07) is 10.2. The quantitative estimate of drug-likeness (QED) is 0.798. The minimum Gasteiger partial charge on any atom is -0.342 e.